The summed E-state index contributed by atoms with van der Waals surface area (Å²) in [6, 6.07) is 0.385. The number of hydrogen-bond acceptors (Lipinski definition) is 4. The van der Waals surface area contributed by atoms with Gasteiger partial charge in [-0.05, 0) is 6.92 Å². The lowest BCUT2D eigenvalue weighted by atomic mass is 10.2. The second-order valence-corrected chi connectivity index (χ2v) is 5.38. The first kappa shape index (κ1) is 12.8. The fourth-order valence-corrected chi connectivity index (χ4v) is 2.26. The van der Waals surface area contributed by atoms with Gasteiger partial charge < -0.3 is 0 Å². The zero-order valence-corrected chi connectivity index (χ0v) is 9.27. The summed E-state index contributed by atoms with van der Waals surface area (Å²) in [5.74, 6) is -3.32. The topological polar surface area (TPSA) is 77.3 Å². The Morgan fingerprint density at radius 2 is 1.88 bits per heavy atom. The van der Waals surface area contributed by atoms with Gasteiger partial charge >= 0.3 is 5.69 Å². The van der Waals surface area contributed by atoms with Crippen molar-refractivity contribution < 1.29 is 22.1 Å². The Balaban J connectivity index is 3.74. The summed E-state index contributed by atoms with van der Waals surface area (Å²) < 4.78 is 48.1. The maximum absolute atomic E-state index is 13.1. The van der Waals surface area contributed by atoms with Gasteiger partial charge in [0.05, 0.1) is 9.82 Å². The Morgan fingerprint density at radius 1 is 1.38 bits per heavy atom. The molecule has 0 saturated carbocycles. The molecule has 0 N–H and O–H groups in total. The van der Waals surface area contributed by atoms with E-state index >= 15 is 0 Å². The third-order valence-corrected chi connectivity index (χ3v) is 3.29. The number of rotatable bonds is 2. The van der Waals surface area contributed by atoms with Gasteiger partial charge in [-0.3, -0.25) is 10.1 Å². The summed E-state index contributed by atoms with van der Waals surface area (Å²) in [5.41, 5.74) is -1.87. The molecule has 1 aromatic rings. The van der Waals surface area contributed by atoms with Crippen molar-refractivity contribution in [2.45, 2.75) is 11.8 Å². The SMILES string of the molecule is Cc1c(S(=O)(=O)Cl)cc([N+](=O)[O-])c(F)c1F. The number of halogens is 3. The van der Waals surface area contributed by atoms with Crippen LogP contribution in [0.2, 0.25) is 0 Å². The summed E-state index contributed by atoms with van der Waals surface area (Å²) in [5, 5.41) is 10.3. The van der Waals surface area contributed by atoms with E-state index in [-0.39, 0.29) is 0 Å². The molecule has 0 atom stereocenters. The van der Waals surface area contributed by atoms with Crippen LogP contribution < -0.4 is 0 Å². The van der Waals surface area contributed by atoms with Gasteiger partial charge in [0.2, 0.25) is 5.82 Å². The van der Waals surface area contributed by atoms with Crippen LogP contribution in [0.25, 0.3) is 0 Å². The van der Waals surface area contributed by atoms with E-state index in [9.17, 15) is 27.3 Å². The molecule has 1 rings (SSSR count). The molecule has 5 nitrogen and oxygen atoms in total. The van der Waals surface area contributed by atoms with Crippen molar-refractivity contribution in [3.05, 3.63) is 33.4 Å². The van der Waals surface area contributed by atoms with Gasteiger partial charge in [0.25, 0.3) is 9.05 Å². The van der Waals surface area contributed by atoms with Crippen LogP contribution in [-0.2, 0) is 9.05 Å². The number of nitrogens with zero attached hydrogens (tertiary/aromatic N) is 1. The minimum atomic E-state index is -4.37. The van der Waals surface area contributed by atoms with E-state index < -0.39 is 41.8 Å². The normalized spacial score (nSPS) is 11.5. The van der Waals surface area contributed by atoms with Crippen molar-refractivity contribution >= 4 is 25.4 Å². The van der Waals surface area contributed by atoms with Gasteiger partial charge in [-0.1, -0.05) is 0 Å². The standard InChI is InChI=1S/C7H4ClF2NO4S/c1-3-5(16(8,14)15)2-4(11(12)13)7(10)6(3)9/h2H,1H3. The van der Waals surface area contributed by atoms with E-state index in [1.807, 2.05) is 0 Å². The first-order valence-electron chi connectivity index (χ1n) is 3.74. The molecule has 0 aromatic heterocycles. The molecule has 0 unspecified atom stereocenters. The molecule has 9 heteroatoms. The fourth-order valence-electron chi connectivity index (χ4n) is 1.07. The minimum absolute atomic E-state index is 0.385. The summed E-state index contributed by atoms with van der Waals surface area (Å²) in [7, 11) is 0.558. The maximum atomic E-state index is 13.1. The van der Waals surface area contributed by atoms with E-state index in [1.54, 1.807) is 0 Å². The quantitative estimate of drug-likeness (QED) is 0.469. The molecule has 88 valence electrons. The average molecular weight is 272 g/mol. The lowest BCUT2D eigenvalue weighted by Crippen LogP contribution is -2.04. The number of nitro benzene ring substituents is 1. The van der Waals surface area contributed by atoms with Crippen LogP contribution in [0.5, 0.6) is 0 Å². The van der Waals surface area contributed by atoms with Crippen LogP contribution in [0.1, 0.15) is 5.56 Å². The van der Waals surface area contributed by atoms with E-state index in [1.165, 1.54) is 0 Å². The first-order valence-corrected chi connectivity index (χ1v) is 6.05. The highest BCUT2D eigenvalue weighted by Crippen LogP contribution is 2.30. The molecule has 0 amide bonds. The summed E-state index contributed by atoms with van der Waals surface area (Å²) in [4.78, 5) is 8.27. The van der Waals surface area contributed by atoms with Crippen molar-refractivity contribution in [3.63, 3.8) is 0 Å². The van der Waals surface area contributed by atoms with Crippen molar-refractivity contribution in [2.75, 3.05) is 0 Å². The molecule has 0 saturated heterocycles. The molecule has 0 aliphatic carbocycles. The molecule has 0 bridgehead atoms. The molecule has 0 aliphatic heterocycles. The van der Waals surface area contributed by atoms with Gasteiger partial charge in [0.15, 0.2) is 5.82 Å². The Morgan fingerprint density at radius 3 is 2.25 bits per heavy atom. The largest absolute Gasteiger partial charge is 0.309 e. The van der Waals surface area contributed by atoms with Crippen LogP contribution in [0.4, 0.5) is 14.5 Å². The Bertz CT molecular complexity index is 572. The number of nitro groups is 1. The molecule has 0 spiro atoms. The maximum Gasteiger partial charge on any atom is 0.309 e. The van der Waals surface area contributed by atoms with Crippen LogP contribution in [0.3, 0.4) is 0 Å². The molecular weight excluding hydrogens is 268 g/mol. The lowest BCUT2D eigenvalue weighted by molar-refractivity contribution is -0.388. The highest BCUT2D eigenvalue weighted by molar-refractivity contribution is 8.13. The smallest absolute Gasteiger partial charge is 0.258 e. The third kappa shape index (κ3) is 2.12. The summed E-state index contributed by atoms with van der Waals surface area (Å²) in [6.07, 6.45) is 0. The first-order chi connectivity index (χ1) is 7.16. The second-order valence-electron chi connectivity index (χ2n) is 2.84. The predicted molar refractivity (Wildman–Crippen MR) is 50.8 cm³/mol. The lowest BCUT2D eigenvalue weighted by Gasteiger charge is -2.04. The zero-order chi connectivity index (χ0) is 12.7. The third-order valence-electron chi connectivity index (χ3n) is 1.84. The zero-order valence-electron chi connectivity index (χ0n) is 7.70. The summed E-state index contributed by atoms with van der Waals surface area (Å²) in [6.45, 7) is 0.956. The highest BCUT2D eigenvalue weighted by Gasteiger charge is 2.27. The van der Waals surface area contributed by atoms with E-state index in [4.69, 9.17) is 10.7 Å². The molecular formula is C7H4ClF2NO4S. The number of benzene rings is 1. The minimum Gasteiger partial charge on any atom is -0.258 e. The van der Waals surface area contributed by atoms with Gasteiger partial charge in [-0.15, -0.1) is 0 Å². The van der Waals surface area contributed by atoms with Crippen LogP contribution in [-0.4, -0.2) is 13.3 Å². The summed E-state index contributed by atoms with van der Waals surface area (Å²) >= 11 is 0. The van der Waals surface area contributed by atoms with E-state index in [0.29, 0.717) is 6.07 Å². The molecule has 1 aromatic carbocycles. The van der Waals surface area contributed by atoms with Gasteiger partial charge in [-0.25, -0.2) is 12.8 Å². The molecule has 0 aliphatic rings. The van der Waals surface area contributed by atoms with E-state index in [0.717, 1.165) is 6.92 Å². The van der Waals surface area contributed by atoms with Gasteiger partial charge in [0, 0.05) is 22.3 Å². The fraction of sp³-hybridized carbons (Fsp3) is 0.143. The van der Waals surface area contributed by atoms with Crippen molar-refractivity contribution in [2.24, 2.45) is 0 Å². The van der Waals surface area contributed by atoms with Crippen molar-refractivity contribution in [1.82, 2.24) is 0 Å². The number of hydrogen-bond donors (Lipinski definition) is 0. The Kier molecular flexibility index (Phi) is 3.15. The van der Waals surface area contributed by atoms with Crippen LogP contribution in [0, 0.1) is 28.7 Å². The molecule has 0 radical (unpaired) electrons. The Hall–Kier alpha value is -1.28. The monoisotopic (exact) mass is 271 g/mol. The van der Waals surface area contributed by atoms with Crippen LogP contribution >= 0.6 is 10.7 Å². The molecule has 0 heterocycles. The average Bonchev–Trinajstić information content (AvgIpc) is 2.11. The molecule has 16 heavy (non-hydrogen) atoms. The highest BCUT2D eigenvalue weighted by atomic mass is 35.7. The van der Waals surface area contributed by atoms with Gasteiger partial charge in [0.1, 0.15) is 0 Å². The predicted octanol–water partition coefficient (Wildman–Crippen LogP) is 2.11. The van der Waals surface area contributed by atoms with Crippen molar-refractivity contribution in [3.8, 4) is 0 Å². The van der Waals surface area contributed by atoms with Crippen LogP contribution in [0.15, 0.2) is 11.0 Å². The van der Waals surface area contributed by atoms with E-state index in [2.05, 4.69) is 0 Å². The molecule has 0 fully saturated rings. The van der Waals surface area contributed by atoms with Gasteiger partial charge in [-0.2, -0.15) is 4.39 Å². The second kappa shape index (κ2) is 3.95. The Labute approximate surface area is 93.2 Å². The van der Waals surface area contributed by atoms with Crippen molar-refractivity contribution in [1.29, 1.82) is 0 Å².